The lowest BCUT2D eigenvalue weighted by Gasteiger charge is -2.37. The van der Waals surface area contributed by atoms with E-state index in [2.05, 4.69) is 33.0 Å². The summed E-state index contributed by atoms with van der Waals surface area (Å²) in [6, 6.07) is 17.4. The van der Waals surface area contributed by atoms with Gasteiger partial charge in [0, 0.05) is 57.2 Å². The number of para-hydroxylation sites is 1. The second kappa shape index (κ2) is 10.5. The van der Waals surface area contributed by atoms with E-state index in [1.54, 1.807) is 6.20 Å². The number of aliphatic carboxylic acids is 1. The van der Waals surface area contributed by atoms with Crippen LogP contribution >= 0.6 is 0 Å². The second-order valence-electron chi connectivity index (χ2n) is 11.8. The van der Waals surface area contributed by atoms with Gasteiger partial charge < -0.3 is 19.5 Å². The maximum Gasteiger partial charge on any atom is 0.310 e. The molecule has 0 radical (unpaired) electrons. The Morgan fingerprint density at radius 1 is 1.10 bits per heavy atom. The molecule has 0 spiro atoms. The van der Waals surface area contributed by atoms with Gasteiger partial charge in [0.2, 0.25) is 5.95 Å². The fourth-order valence-corrected chi connectivity index (χ4v) is 6.86. The Morgan fingerprint density at radius 3 is 2.83 bits per heavy atom. The molecule has 8 nitrogen and oxygen atoms in total. The molecular formula is C32H36N4O4. The van der Waals surface area contributed by atoms with Crippen molar-refractivity contribution in [2.24, 2.45) is 11.3 Å². The van der Waals surface area contributed by atoms with Crippen molar-refractivity contribution in [3.05, 3.63) is 71.4 Å². The van der Waals surface area contributed by atoms with Crippen LogP contribution in [0.4, 0.5) is 5.95 Å². The highest BCUT2D eigenvalue weighted by atomic mass is 16.5. The molecule has 3 aromatic rings. The molecule has 4 aliphatic rings. The number of benzene rings is 2. The number of aromatic nitrogens is 2. The van der Waals surface area contributed by atoms with Crippen molar-refractivity contribution in [2.45, 2.75) is 51.3 Å². The number of hydrogen-bond acceptors (Lipinski definition) is 7. The summed E-state index contributed by atoms with van der Waals surface area (Å²) in [4.78, 5) is 25.8. The summed E-state index contributed by atoms with van der Waals surface area (Å²) in [5.74, 6) is 0.973. The zero-order valence-corrected chi connectivity index (χ0v) is 22.8. The summed E-state index contributed by atoms with van der Waals surface area (Å²) < 4.78 is 11.9. The minimum atomic E-state index is -0.659. The highest BCUT2D eigenvalue weighted by Gasteiger charge is 2.62. The molecule has 4 heterocycles. The number of anilines is 1. The second-order valence-corrected chi connectivity index (χ2v) is 11.8. The first-order valence-corrected chi connectivity index (χ1v) is 14.6. The molecule has 1 saturated carbocycles. The van der Waals surface area contributed by atoms with Crippen molar-refractivity contribution < 1.29 is 19.4 Å². The molecule has 0 unspecified atom stereocenters. The van der Waals surface area contributed by atoms with Crippen molar-refractivity contribution in [1.82, 2.24) is 14.9 Å². The van der Waals surface area contributed by atoms with Gasteiger partial charge in [0.15, 0.2) is 0 Å². The summed E-state index contributed by atoms with van der Waals surface area (Å²) in [6.45, 7) is 5.75. The molecule has 0 amide bonds. The third-order valence-electron chi connectivity index (χ3n) is 9.43. The lowest BCUT2D eigenvalue weighted by atomic mass is 9.95. The molecule has 0 bridgehead atoms. The summed E-state index contributed by atoms with van der Waals surface area (Å²) in [5, 5.41) is 9.60. The number of carboxylic acid groups (broad SMARTS) is 1. The Bertz CT molecular complexity index is 1410. The van der Waals surface area contributed by atoms with Crippen LogP contribution in [0.25, 0.3) is 11.3 Å². The number of ether oxygens (including phenoxy) is 2. The monoisotopic (exact) mass is 540 g/mol. The summed E-state index contributed by atoms with van der Waals surface area (Å²) >= 11 is 0. The number of carboxylic acids is 1. The predicted octanol–water partition coefficient (Wildman–Crippen LogP) is 4.56. The summed E-state index contributed by atoms with van der Waals surface area (Å²) in [7, 11) is 0. The maximum absolute atomic E-state index is 11.7. The van der Waals surface area contributed by atoms with Gasteiger partial charge in [-0.05, 0) is 72.9 Å². The van der Waals surface area contributed by atoms with Crippen molar-refractivity contribution in [3.63, 3.8) is 0 Å². The molecule has 2 saturated heterocycles. The number of nitrogens with zero attached hydrogens (tertiary/aromatic N) is 4. The molecule has 1 aromatic heterocycles. The van der Waals surface area contributed by atoms with Crippen LogP contribution in [0, 0.1) is 11.3 Å². The van der Waals surface area contributed by atoms with E-state index in [9.17, 15) is 9.90 Å². The van der Waals surface area contributed by atoms with E-state index in [-0.39, 0.29) is 5.92 Å². The van der Waals surface area contributed by atoms with Crippen LogP contribution < -0.4 is 9.64 Å². The van der Waals surface area contributed by atoms with Crippen molar-refractivity contribution in [3.8, 4) is 17.0 Å². The van der Waals surface area contributed by atoms with E-state index < -0.39 is 11.4 Å². The number of piperidine rings is 1. The Kier molecular flexibility index (Phi) is 6.68. The number of carbonyl (C=O) groups is 1. The average Bonchev–Trinajstić information content (AvgIpc) is 3.76. The largest absolute Gasteiger partial charge is 0.488 e. The van der Waals surface area contributed by atoms with E-state index in [1.165, 1.54) is 16.7 Å². The zero-order chi connectivity index (χ0) is 27.1. The van der Waals surface area contributed by atoms with E-state index in [1.807, 2.05) is 30.3 Å². The van der Waals surface area contributed by atoms with Crippen LogP contribution in [0.5, 0.6) is 5.75 Å². The molecule has 3 aliphatic heterocycles. The third kappa shape index (κ3) is 4.84. The summed E-state index contributed by atoms with van der Waals surface area (Å²) in [6.07, 6.45) is 6.54. The van der Waals surface area contributed by atoms with Gasteiger partial charge in [0.05, 0.1) is 11.1 Å². The van der Waals surface area contributed by atoms with Crippen molar-refractivity contribution in [2.75, 3.05) is 37.7 Å². The molecule has 2 aromatic carbocycles. The predicted molar refractivity (Wildman–Crippen MR) is 151 cm³/mol. The fourth-order valence-electron chi connectivity index (χ4n) is 6.86. The highest BCUT2D eigenvalue weighted by molar-refractivity contribution is 5.79. The molecule has 40 heavy (non-hydrogen) atoms. The molecule has 2 atom stereocenters. The minimum absolute atomic E-state index is 0.183. The van der Waals surface area contributed by atoms with Crippen molar-refractivity contribution in [1.29, 1.82) is 0 Å². The van der Waals surface area contributed by atoms with Crippen LogP contribution in [-0.4, -0.2) is 64.8 Å². The molecule has 8 heteroatoms. The van der Waals surface area contributed by atoms with E-state index in [4.69, 9.17) is 14.5 Å². The van der Waals surface area contributed by atoms with Gasteiger partial charge >= 0.3 is 5.97 Å². The Hall–Kier alpha value is -3.49. The van der Waals surface area contributed by atoms with Gasteiger partial charge in [0.1, 0.15) is 12.4 Å². The Balaban J connectivity index is 1.03. The average molecular weight is 541 g/mol. The number of hydrogen-bond donors (Lipinski definition) is 1. The Morgan fingerprint density at radius 2 is 1.98 bits per heavy atom. The lowest BCUT2D eigenvalue weighted by molar-refractivity contribution is -0.144. The SMILES string of the molecule is O=C(O)[C@@]12CCN(c3nccc(-c4ccccc4OCc4ccc5c(c4)CCN(C4CCOCC4)C5)n3)C[C@@H]1C2. The van der Waals surface area contributed by atoms with Gasteiger partial charge in [-0.15, -0.1) is 0 Å². The van der Waals surface area contributed by atoms with E-state index in [0.717, 1.165) is 69.0 Å². The first-order chi connectivity index (χ1) is 19.6. The third-order valence-corrected chi connectivity index (χ3v) is 9.43. The molecule has 208 valence electrons. The first kappa shape index (κ1) is 25.5. The lowest BCUT2D eigenvalue weighted by Crippen LogP contribution is -2.42. The van der Waals surface area contributed by atoms with Gasteiger partial charge in [-0.2, -0.15) is 0 Å². The number of fused-ring (bicyclic) bond motifs is 2. The van der Waals surface area contributed by atoms with Crippen LogP contribution in [0.1, 0.15) is 42.4 Å². The molecule has 3 fully saturated rings. The van der Waals surface area contributed by atoms with Crippen LogP contribution in [-0.2, 0) is 29.1 Å². The molecular weight excluding hydrogens is 504 g/mol. The maximum atomic E-state index is 11.7. The van der Waals surface area contributed by atoms with Crippen LogP contribution in [0.2, 0.25) is 0 Å². The minimum Gasteiger partial charge on any atom is -0.488 e. The van der Waals surface area contributed by atoms with Gasteiger partial charge in [-0.1, -0.05) is 30.3 Å². The molecule has 7 rings (SSSR count). The smallest absolute Gasteiger partial charge is 0.310 e. The van der Waals surface area contributed by atoms with Gasteiger partial charge in [-0.25, -0.2) is 9.97 Å². The molecule has 1 aliphatic carbocycles. The van der Waals surface area contributed by atoms with E-state index >= 15 is 0 Å². The van der Waals surface area contributed by atoms with Gasteiger partial charge in [0.25, 0.3) is 0 Å². The van der Waals surface area contributed by atoms with Crippen molar-refractivity contribution >= 4 is 11.9 Å². The Labute approximate surface area is 235 Å². The van der Waals surface area contributed by atoms with Gasteiger partial charge in [-0.3, -0.25) is 9.69 Å². The topological polar surface area (TPSA) is 88.0 Å². The van der Waals surface area contributed by atoms with Crippen LogP contribution in [0.15, 0.2) is 54.7 Å². The fraction of sp³-hybridized carbons (Fsp3) is 0.469. The normalized spacial score (nSPS) is 24.7. The first-order valence-electron chi connectivity index (χ1n) is 14.6. The standard InChI is InChI=1S/C32H36N4O4/c37-30(38)32-11-14-36(20-25(32)18-32)31-33-12-7-28(34-31)27-3-1-2-4-29(27)40-21-22-5-6-24-19-35(13-8-23(24)17-22)26-9-15-39-16-10-26/h1-7,12,17,25-26H,8-11,13-16,18-21H2,(H,37,38)/t25-,32+/m0/s1. The zero-order valence-electron chi connectivity index (χ0n) is 22.8. The van der Waals surface area contributed by atoms with Crippen LogP contribution in [0.3, 0.4) is 0 Å². The summed E-state index contributed by atoms with van der Waals surface area (Å²) in [5.41, 5.74) is 5.26. The quantitative estimate of drug-likeness (QED) is 0.467. The molecule has 1 N–H and O–H groups in total. The number of rotatable bonds is 7. The highest BCUT2D eigenvalue weighted by Crippen LogP contribution is 2.58. The van der Waals surface area contributed by atoms with E-state index in [0.29, 0.717) is 38.1 Å².